The summed E-state index contributed by atoms with van der Waals surface area (Å²) in [5.74, 6) is 0.889. The fraction of sp³-hybridized carbons (Fsp3) is 0.571. The zero-order valence-corrected chi connectivity index (χ0v) is 12.2. The van der Waals surface area contributed by atoms with Crippen molar-refractivity contribution in [1.82, 2.24) is 0 Å². The van der Waals surface area contributed by atoms with Crippen LogP contribution in [0.5, 0.6) is 0 Å². The Morgan fingerprint density at radius 3 is 2.65 bits per heavy atom. The normalized spacial score (nSPS) is 17.6. The van der Waals surface area contributed by atoms with Gasteiger partial charge in [-0.3, -0.25) is 0 Å². The average Bonchev–Trinajstić information content (AvgIpc) is 2.22. The molecule has 1 atom stereocenters. The van der Waals surface area contributed by atoms with Crippen LogP contribution >= 0.6 is 15.9 Å². The average molecular weight is 297 g/mol. The summed E-state index contributed by atoms with van der Waals surface area (Å²) in [4.78, 5) is 2.35. The van der Waals surface area contributed by atoms with Crippen LogP contribution in [0.1, 0.15) is 37.8 Å². The molecule has 0 heterocycles. The van der Waals surface area contributed by atoms with Gasteiger partial charge in [0.15, 0.2) is 0 Å². The van der Waals surface area contributed by atoms with Gasteiger partial charge in [-0.2, -0.15) is 0 Å². The Hall–Kier alpha value is -0.540. The van der Waals surface area contributed by atoms with Gasteiger partial charge in [-0.25, -0.2) is 0 Å². The van der Waals surface area contributed by atoms with Gasteiger partial charge in [0.25, 0.3) is 0 Å². The zero-order chi connectivity index (χ0) is 12.4. The van der Waals surface area contributed by atoms with E-state index in [-0.39, 0.29) is 6.04 Å². The lowest BCUT2D eigenvalue weighted by atomic mass is 9.85. The molecule has 3 heteroatoms. The molecule has 2 rings (SSSR count). The Balaban J connectivity index is 2.08. The standard InChI is InChI=1S/C14H21BrN2/c1-10(16)12-6-7-14(13(15)8-12)17(2)9-11-4-3-5-11/h6-8,10-11H,3-5,9,16H2,1-2H3/t10-/m1/s1. The summed E-state index contributed by atoms with van der Waals surface area (Å²) in [5.41, 5.74) is 8.33. The molecule has 1 aromatic rings. The largest absolute Gasteiger partial charge is 0.373 e. The van der Waals surface area contributed by atoms with Crippen LogP contribution in [0.3, 0.4) is 0 Å². The van der Waals surface area contributed by atoms with Gasteiger partial charge in [0, 0.05) is 24.1 Å². The summed E-state index contributed by atoms with van der Waals surface area (Å²) in [7, 11) is 2.17. The van der Waals surface area contributed by atoms with E-state index in [1.807, 2.05) is 6.92 Å². The summed E-state index contributed by atoms with van der Waals surface area (Å²) in [6.45, 7) is 3.18. The van der Waals surface area contributed by atoms with E-state index < -0.39 is 0 Å². The third-order valence-electron chi connectivity index (χ3n) is 3.67. The van der Waals surface area contributed by atoms with E-state index in [0.717, 1.165) is 16.9 Å². The van der Waals surface area contributed by atoms with Crippen molar-refractivity contribution in [2.45, 2.75) is 32.2 Å². The first-order chi connectivity index (χ1) is 8.08. The molecule has 0 aliphatic heterocycles. The maximum atomic E-state index is 5.89. The van der Waals surface area contributed by atoms with E-state index in [1.165, 1.54) is 30.5 Å². The molecule has 94 valence electrons. The molecule has 2 N–H and O–H groups in total. The van der Waals surface area contributed by atoms with E-state index in [1.54, 1.807) is 0 Å². The van der Waals surface area contributed by atoms with Gasteiger partial charge in [0.1, 0.15) is 0 Å². The number of anilines is 1. The zero-order valence-electron chi connectivity index (χ0n) is 10.6. The molecule has 1 saturated carbocycles. The van der Waals surface area contributed by atoms with Crippen molar-refractivity contribution < 1.29 is 0 Å². The van der Waals surface area contributed by atoms with Crippen molar-refractivity contribution >= 4 is 21.6 Å². The van der Waals surface area contributed by atoms with E-state index in [0.29, 0.717) is 0 Å². The lowest BCUT2D eigenvalue weighted by molar-refractivity contribution is 0.321. The topological polar surface area (TPSA) is 29.3 Å². The van der Waals surface area contributed by atoms with Crippen LogP contribution in [0.25, 0.3) is 0 Å². The Labute approximate surface area is 112 Å². The van der Waals surface area contributed by atoms with Gasteiger partial charge in [0.05, 0.1) is 5.69 Å². The van der Waals surface area contributed by atoms with Gasteiger partial charge in [-0.1, -0.05) is 12.5 Å². The molecule has 0 saturated heterocycles. The molecule has 1 fully saturated rings. The van der Waals surface area contributed by atoms with Gasteiger partial charge >= 0.3 is 0 Å². The van der Waals surface area contributed by atoms with Gasteiger partial charge in [-0.15, -0.1) is 0 Å². The maximum Gasteiger partial charge on any atom is 0.0508 e. The van der Waals surface area contributed by atoms with Crippen molar-refractivity contribution in [3.63, 3.8) is 0 Å². The van der Waals surface area contributed by atoms with Crippen LogP contribution in [0.2, 0.25) is 0 Å². The second kappa shape index (κ2) is 5.40. The predicted octanol–water partition coefficient (Wildman–Crippen LogP) is 3.71. The number of rotatable bonds is 4. The summed E-state index contributed by atoms with van der Waals surface area (Å²) in [5, 5.41) is 0. The minimum absolute atomic E-state index is 0.0947. The third-order valence-corrected chi connectivity index (χ3v) is 4.30. The Kier molecular flexibility index (Phi) is 4.10. The van der Waals surface area contributed by atoms with Crippen LogP contribution in [0.15, 0.2) is 22.7 Å². The monoisotopic (exact) mass is 296 g/mol. The minimum atomic E-state index is 0.0947. The molecule has 17 heavy (non-hydrogen) atoms. The molecule has 0 bridgehead atoms. The number of nitrogens with zero attached hydrogens (tertiary/aromatic N) is 1. The summed E-state index contributed by atoms with van der Waals surface area (Å²) in [6, 6.07) is 6.53. The van der Waals surface area contributed by atoms with Crippen molar-refractivity contribution in [3.05, 3.63) is 28.2 Å². The quantitative estimate of drug-likeness (QED) is 0.918. The second-order valence-electron chi connectivity index (χ2n) is 5.18. The van der Waals surface area contributed by atoms with Crippen molar-refractivity contribution in [3.8, 4) is 0 Å². The molecular weight excluding hydrogens is 276 g/mol. The molecule has 0 amide bonds. The highest BCUT2D eigenvalue weighted by molar-refractivity contribution is 9.10. The molecule has 0 unspecified atom stereocenters. The van der Waals surface area contributed by atoms with E-state index in [2.05, 4.69) is 46.1 Å². The SMILES string of the molecule is C[C@@H](N)c1ccc(N(C)CC2CCC2)c(Br)c1. The highest BCUT2D eigenvalue weighted by Crippen LogP contribution is 2.32. The lowest BCUT2D eigenvalue weighted by Crippen LogP contribution is -2.29. The number of nitrogens with two attached hydrogens (primary N) is 1. The third kappa shape index (κ3) is 3.02. The smallest absolute Gasteiger partial charge is 0.0508 e. The first-order valence-electron chi connectivity index (χ1n) is 6.34. The van der Waals surface area contributed by atoms with Crippen molar-refractivity contribution in [2.24, 2.45) is 11.7 Å². The number of benzene rings is 1. The second-order valence-corrected chi connectivity index (χ2v) is 6.03. The molecule has 2 nitrogen and oxygen atoms in total. The summed E-state index contributed by atoms with van der Waals surface area (Å²) < 4.78 is 1.15. The van der Waals surface area contributed by atoms with Crippen LogP contribution < -0.4 is 10.6 Å². The Morgan fingerprint density at radius 2 is 2.18 bits per heavy atom. The first-order valence-corrected chi connectivity index (χ1v) is 7.13. The first kappa shape index (κ1) is 12.9. The number of hydrogen-bond donors (Lipinski definition) is 1. The molecule has 1 aliphatic carbocycles. The van der Waals surface area contributed by atoms with Gasteiger partial charge < -0.3 is 10.6 Å². The predicted molar refractivity (Wildman–Crippen MR) is 77.4 cm³/mol. The van der Waals surface area contributed by atoms with Crippen LogP contribution in [0.4, 0.5) is 5.69 Å². The van der Waals surface area contributed by atoms with Gasteiger partial charge in [-0.05, 0) is 59.3 Å². The number of halogens is 1. The molecule has 1 aromatic carbocycles. The highest BCUT2D eigenvalue weighted by atomic mass is 79.9. The Bertz CT molecular complexity index is 386. The van der Waals surface area contributed by atoms with Crippen LogP contribution in [-0.4, -0.2) is 13.6 Å². The van der Waals surface area contributed by atoms with Crippen LogP contribution in [0, 0.1) is 5.92 Å². The van der Waals surface area contributed by atoms with E-state index in [9.17, 15) is 0 Å². The molecule has 0 aromatic heterocycles. The maximum absolute atomic E-state index is 5.89. The highest BCUT2D eigenvalue weighted by Gasteiger charge is 2.20. The van der Waals surface area contributed by atoms with Gasteiger partial charge in [0.2, 0.25) is 0 Å². The van der Waals surface area contributed by atoms with Crippen molar-refractivity contribution in [1.29, 1.82) is 0 Å². The molecule has 0 spiro atoms. The molecular formula is C14H21BrN2. The number of hydrogen-bond acceptors (Lipinski definition) is 2. The summed E-state index contributed by atoms with van der Waals surface area (Å²) >= 11 is 3.65. The molecule has 1 aliphatic rings. The summed E-state index contributed by atoms with van der Waals surface area (Å²) in [6.07, 6.45) is 4.18. The fourth-order valence-electron chi connectivity index (χ4n) is 2.28. The molecule has 0 radical (unpaired) electrons. The minimum Gasteiger partial charge on any atom is -0.373 e. The lowest BCUT2D eigenvalue weighted by Gasteiger charge is -2.32. The Morgan fingerprint density at radius 1 is 1.47 bits per heavy atom. The fourth-order valence-corrected chi connectivity index (χ4v) is 2.98. The van der Waals surface area contributed by atoms with E-state index >= 15 is 0 Å². The van der Waals surface area contributed by atoms with E-state index in [4.69, 9.17) is 5.73 Å². The van der Waals surface area contributed by atoms with Crippen LogP contribution in [-0.2, 0) is 0 Å². The van der Waals surface area contributed by atoms with Crippen molar-refractivity contribution in [2.75, 3.05) is 18.5 Å².